The molecule has 2 fully saturated rings. The first-order chi connectivity index (χ1) is 8.31. The minimum absolute atomic E-state index is 0.0181. The van der Waals surface area contributed by atoms with E-state index in [1.165, 1.54) is 32.1 Å². The van der Waals surface area contributed by atoms with E-state index in [0.29, 0.717) is 12.6 Å². The maximum Gasteiger partial charge on any atom is 0.323 e. The predicted molar refractivity (Wildman–Crippen MR) is 67.8 cm³/mol. The molecule has 98 valence electrons. The lowest BCUT2D eigenvalue weighted by Gasteiger charge is -2.24. The van der Waals surface area contributed by atoms with Gasteiger partial charge in [-0.1, -0.05) is 32.6 Å². The van der Waals surface area contributed by atoms with Crippen LogP contribution in [0.5, 0.6) is 0 Å². The summed E-state index contributed by atoms with van der Waals surface area (Å²) < 4.78 is 5.33. The Kier molecular flexibility index (Phi) is 4.84. The molecule has 1 saturated heterocycles. The average Bonchev–Trinajstić information content (AvgIpc) is 2.78. The molecule has 0 bridgehead atoms. The van der Waals surface area contributed by atoms with E-state index in [0.717, 1.165) is 25.2 Å². The standard InChI is InChI=1S/C14H25NO2/c1-2-3-6-9-17-14(16)13-10-11-7-4-5-8-12(11)15-13/h11-13,15H,2-10H2,1H3. The summed E-state index contributed by atoms with van der Waals surface area (Å²) in [6.45, 7) is 2.76. The van der Waals surface area contributed by atoms with E-state index < -0.39 is 0 Å². The Morgan fingerprint density at radius 2 is 2.12 bits per heavy atom. The lowest BCUT2D eigenvalue weighted by atomic mass is 9.85. The zero-order valence-corrected chi connectivity index (χ0v) is 10.9. The van der Waals surface area contributed by atoms with Crippen molar-refractivity contribution in [1.29, 1.82) is 0 Å². The summed E-state index contributed by atoms with van der Waals surface area (Å²) in [6.07, 6.45) is 9.49. The number of ether oxygens (including phenoxy) is 1. The smallest absolute Gasteiger partial charge is 0.323 e. The second-order valence-corrected chi connectivity index (χ2v) is 5.48. The maximum atomic E-state index is 11.9. The lowest BCUT2D eigenvalue weighted by Crippen LogP contribution is -2.38. The van der Waals surface area contributed by atoms with Gasteiger partial charge in [0.2, 0.25) is 0 Å². The maximum absolute atomic E-state index is 11.9. The third kappa shape index (κ3) is 3.44. The van der Waals surface area contributed by atoms with Gasteiger partial charge in [-0.2, -0.15) is 0 Å². The minimum atomic E-state index is -0.0234. The van der Waals surface area contributed by atoms with Gasteiger partial charge in [-0.25, -0.2) is 0 Å². The highest BCUT2D eigenvalue weighted by Gasteiger charge is 2.38. The van der Waals surface area contributed by atoms with E-state index in [1.54, 1.807) is 0 Å². The summed E-state index contributed by atoms with van der Waals surface area (Å²) >= 11 is 0. The van der Waals surface area contributed by atoms with Gasteiger partial charge in [0, 0.05) is 6.04 Å². The summed E-state index contributed by atoms with van der Waals surface area (Å²) in [5.41, 5.74) is 0. The second-order valence-electron chi connectivity index (χ2n) is 5.48. The number of hydrogen-bond donors (Lipinski definition) is 1. The van der Waals surface area contributed by atoms with Gasteiger partial charge in [0.25, 0.3) is 0 Å². The molecule has 0 aromatic carbocycles. The Morgan fingerprint density at radius 1 is 1.29 bits per heavy atom. The van der Waals surface area contributed by atoms with Crippen LogP contribution in [0.25, 0.3) is 0 Å². The SMILES string of the molecule is CCCCCOC(=O)C1CC2CCCCC2N1. The van der Waals surface area contributed by atoms with Crippen LogP contribution in [0, 0.1) is 5.92 Å². The highest BCUT2D eigenvalue weighted by atomic mass is 16.5. The van der Waals surface area contributed by atoms with Crippen molar-refractivity contribution < 1.29 is 9.53 Å². The van der Waals surface area contributed by atoms with Crippen LogP contribution < -0.4 is 5.32 Å². The minimum Gasteiger partial charge on any atom is -0.465 e. The zero-order chi connectivity index (χ0) is 12.1. The topological polar surface area (TPSA) is 38.3 Å². The molecule has 0 spiro atoms. The molecule has 3 unspecified atom stereocenters. The quantitative estimate of drug-likeness (QED) is 0.592. The molecule has 2 rings (SSSR count). The number of carbonyl (C=O) groups excluding carboxylic acids is 1. The molecule has 3 atom stereocenters. The monoisotopic (exact) mass is 239 g/mol. The number of nitrogens with one attached hydrogen (secondary N) is 1. The highest BCUT2D eigenvalue weighted by molar-refractivity contribution is 5.76. The van der Waals surface area contributed by atoms with Gasteiger partial charge in [-0.05, 0) is 31.6 Å². The van der Waals surface area contributed by atoms with Crippen LogP contribution in [-0.2, 0) is 9.53 Å². The Morgan fingerprint density at radius 3 is 2.88 bits per heavy atom. The van der Waals surface area contributed by atoms with Gasteiger partial charge in [0.15, 0.2) is 0 Å². The van der Waals surface area contributed by atoms with Gasteiger partial charge in [0.1, 0.15) is 6.04 Å². The van der Waals surface area contributed by atoms with Gasteiger partial charge in [-0.15, -0.1) is 0 Å². The van der Waals surface area contributed by atoms with Gasteiger partial charge < -0.3 is 10.1 Å². The van der Waals surface area contributed by atoms with Crippen LogP contribution in [0.2, 0.25) is 0 Å². The number of rotatable bonds is 5. The van der Waals surface area contributed by atoms with Crippen molar-refractivity contribution in [2.24, 2.45) is 5.92 Å². The van der Waals surface area contributed by atoms with Crippen molar-refractivity contribution in [2.75, 3.05) is 6.61 Å². The van der Waals surface area contributed by atoms with E-state index >= 15 is 0 Å². The highest BCUT2D eigenvalue weighted by Crippen LogP contribution is 2.33. The van der Waals surface area contributed by atoms with E-state index in [-0.39, 0.29) is 12.0 Å². The molecule has 17 heavy (non-hydrogen) atoms. The first kappa shape index (κ1) is 12.9. The number of unbranched alkanes of at least 4 members (excludes halogenated alkanes) is 2. The van der Waals surface area contributed by atoms with Crippen LogP contribution >= 0.6 is 0 Å². The van der Waals surface area contributed by atoms with Crippen molar-refractivity contribution in [3.63, 3.8) is 0 Å². The number of fused-ring (bicyclic) bond motifs is 1. The van der Waals surface area contributed by atoms with E-state index in [9.17, 15) is 4.79 Å². The molecule has 1 saturated carbocycles. The third-order valence-electron chi connectivity index (χ3n) is 4.14. The van der Waals surface area contributed by atoms with E-state index in [1.807, 2.05) is 0 Å². The predicted octanol–water partition coefficient (Wildman–Crippen LogP) is 2.64. The fraction of sp³-hybridized carbons (Fsp3) is 0.929. The number of hydrogen-bond acceptors (Lipinski definition) is 3. The van der Waals surface area contributed by atoms with E-state index in [4.69, 9.17) is 4.74 Å². The third-order valence-corrected chi connectivity index (χ3v) is 4.14. The fourth-order valence-electron chi connectivity index (χ4n) is 3.13. The van der Waals surface area contributed by atoms with Crippen molar-refractivity contribution in [1.82, 2.24) is 5.32 Å². The second kappa shape index (κ2) is 6.39. The van der Waals surface area contributed by atoms with Crippen LogP contribution in [0.3, 0.4) is 0 Å². The summed E-state index contributed by atoms with van der Waals surface area (Å²) in [7, 11) is 0. The molecule has 0 aromatic rings. The Balaban J connectivity index is 1.70. The van der Waals surface area contributed by atoms with E-state index in [2.05, 4.69) is 12.2 Å². The molecule has 0 radical (unpaired) electrons. The Hall–Kier alpha value is -0.570. The van der Waals surface area contributed by atoms with Crippen molar-refractivity contribution >= 4 is 5.97 Å². The van der Waals surface area contributed by atoms with Gasteiger partial charge >= 0.3 is 5.97 Å². The van der Waals surface area contributed by atoms with Crippen LogP contribution in [0.1, 0.15) is 58.3 Å². The van der Waals surface area contributed by atoms with Crippen molar-refractivity contribution in [2.45, 2.75) is 70.4 Å². The summed E-state index contributed by atoms with van der Waals surface area (Å²) in [4.78, 5) is 11.9. The number of esters is 1. The first-order valence-corrected chi connectivity index (χ1v) is 7.24. The molecular formula is C14H25NO2. The summed E-state index contributed by atoms with van der Waals surface area (Å²) in [5, 5.41) is 3.46. The first-order valence-electron chi connectivity index (χ1n) is 7.24. The molecule has 1 heterocycles. The Bertz CT molecular complexity index is 241. The van der Waals surface area contributed by atoms with Crippen LogP contribution in [-0.4, -0.2) is 24.7 Å². The molecule has 1 N–H and O–H groups in total. The normalized spacial score (nSPS) is 32.2. The summed E-state index contributed by atoms with van der Waals surface area (Å²) in [6, 6.07) is 0.557. The average molecular weight is 239 g/mol. The Labute approximate surface area is 104 Å². The lowest BCUT2D eigenvalue weighted by molar-refractivity contribution is -0.146. The van der Waals surface area contributed by atoms with Crippen molar-refractivity contribution in [3.05, 3.63) is 0 Å². The number of carbonyl (C=O) groups is 1. The fourth-order valence-corrected chi connectivity index (χ4v) is 3.13. The zero-order valence-electron chi connectivity index (χ0n) is 10.9. The summed E-state index contributed by atoms with van der Waals surface area (Å²) in [5.74, 6) is 0.701. The molecule has 0 amide bonds. The molecule has 3 nitrogen and oxygen atoms in total. The van der Waals surface area contributed by atoms with Crippen LogP contribution in [0.4, 0.5) is 0 Å². The molecule has 3 heteroatoms. The van der Waals surface area contributed by atoms with Gasteiger partial charge in [0.05, 0.1) is 6.61 Å². The molecule has 1 aliphatic heterocycles. The molecule has 0 aromatic heterocycles. The molecule has 2 aliphatic rings. The molecule has 1 aliphatic carbocycles. The largest absolute Gasteiger partial charge is 0.465 e. The van der Waals surface area contributed by atoms with Gasteiger partial charge in [-0.3, -0.25) is 4.79 Å². The van der Waals surface area contributed by atoms with Crippen LogP contribution in [0.15, 0.2) is 0 Å². The molecular weight excluding hydrogens is 214 g/mol. The van der Waals surface area contributed by atoms with Crippen molar-refractivity contribution in [3.8, 4) is 0 Å².